The van der Waals surface area contributed by atoms with Crippen molar-refractivity contribution in [1.29, 1.82) is 0 Å². The van der Waals surface area contributed by atoms with Crippen LogP contribution < -0.4 is 4.74 Å². The number of ether oxygens (including phenoxy) is 1. The van der Waals surface area contributed by atoms with Crippen LogP contribution in [0.5, 0.6) is 11.5 Å². The summed E-state index contributed by atoms with van der Waals surface area (Å²) in [6, 6.07) is 32.4. The van der Waals surface area contributed by atoms with Crippen molar-refractivity contribution in [3.05, 3.63) is 131 Å². The molecule has 3 nitrogen and oxygen atoms in total. The molecule has 0 unspecified atom stereocenters. The summed E-state index contributed by atoms with van der Waals surface area (Å²) in [4.78, 5) is 4.63. The SMILES string of the molecule is [2H]C([2H])([2H])C(c1ccccc1)(c1ccnc(-n2c3ccccc3c3ccc(Oc4cccc(Br)c4)cc32)c1)C([2H])([2H])[2H]. The first kappa shape index (κ1) is 16.7. The highest BCUT2D eigenvalue weighted by Gasteiger charge is 2.24. The van der Waals surface area contributed by atoms with E-state index in [9.17, 15) is 0 Å². The predicted octanol–water partition coefficient (Wildman–Crippen LogP) is 9.06. The summed E-state index contributed by atoms with van der Waals surface area (Å²) in [6.45, 7) is -5.80. The molecular formula is C32H25BrN2O. The minimum Gasteiger partial charge on any atom is -0.457 e. The monoisotopic (exact) mass is 538 g/mol. The number of hydrogen-bond donors (Lipinski definition) is 0. The normalized spacial score (nSPS) is 14.9. The number of para-hydroxylation sites is 1. The van der Waals surface area contributed by atoms with Crippen LogP contribution in [0.25, 0.3) is 27.6 Å². The van der Waals surface area contributed by atoms with Crippen molar-refractivity contribution >= 4 is 37.7 Å². The summed E-state index contributed by atoms with van der Waals surface area (Å²) < 4.78 is 60.3. The topological polar surface area (TPSA) is 27.1 Å². The average Bonchev–Trinajstić information content (AvgIpc) is 3.26. The Balaban J connectivity index is 1.60. The second-order valence-electron chi connectivity index (χ2n) is 8.61. The Hall–Kier alpha value is -3.89. The van der Waals surface area contributed by atoms with Crippen molar-refractivity contribution in [1.82, 2.24) is 9.55 Å². The minimum atomic E-state index is -2.90. The van der Waals surface area contributed by atoms with Crippen molar-refractivity contribution in [3.63, 3.8) is 0 Å². The van der Waals surface area contributed by atoms with E-state index in [2.05, 4.69) is 20.9 Å². The van der Waals surface area contributed by atoms with E-state index >= 15 is 0 Å². The zero-order valence-electron chi connectivity index (χ0n) is 25.2. The fourth-order valence-corrected chi connectivity index (χ4v) is 4.93. The molecule has 0 aliphatic rings. The lowest BCUT2D eigenvalue weighted by atomic mass is 9.78. The van der Waals surface area contributed by atoms with E-state index < -0.39 is 19.1 Å². The second kappa shape index (κ2) is 8.96. The molecule has 0 saturated carbocycles. The van der Waals surface area contributed by atoms with Gasteiger partial charge in [0.15, 0.2) is 0 Å². The molecule has 176 valence electrons. The van der Waals surface area contributed by atoms with Gasteiger partial charge in [-0.25, -0.2) is 4.98 Å². The number of fused-ring (bicyclic) bond motifs is 3. The lowest BCUT2D eigenvalue weighted by Crippen LogP contribution is -2.19. The van der Waals surface area contributed by atoms with Crippen LogP contribution in [0.1, 0.15) is 33.1 Å². The molecular weight excluding hydrogens is 508 g/mol. The zero-order chi connectivity index (χ0) is 29.7. The number of nitrogens with zero attached hydrogens (tertiary/aromatic N) is 2. The Labute approximate surface area is 227 Å². The molecule has 0 amide bonds. The summed E-state index contributed by atoms with van der Waals surface area (Å²) in [6.07, 6.45) is 1.47. The Kier molecular flexibility index (Phi) is 4.16. The van der Waals surface area contributed by atoms with Crippen molar-refractivity contribution in [2.45, 2.75) is 19.1 Å². The molecule has 0 atom stereocenters. The molecule has 0 spiro atoms. The third-order valence-electron chi connectivity index (χ3n) is 6.29. The highest BCUT2D eigenvalue weighted by Crippen LogP contribution is 2.37. The number of halogens is 1. The maximum absolute atomic E-state index is 8.55. The van der Waals surface area contributed by atoms with Gasteiger partial charge in [-0.05, 0) is 59.7 Å². The highest BCUT2D eigenvalue weighted by molar-refractivity contribution is 9.10. The lowest BCUT2D eigenvalue weighted by molar-refractivity contribution is 0.483. The van der Waals surface area contributed by atoms with E-state index in [1.807, 2.05) is 71.3 Å². The molecule has 4 aromatic carbocycles. The Morgan fingerprint density at radius 1 is 0.722 bits per heavy atom. The highest BCUT2D eigenvalue weighted by atomic mass is 79.9. The largest absolute Gasteiger partial charge is 0.457 e. The smallest absolute Gasteiger partial charge is 0.137 e. The number of aromatic nitrogens is 2. The molecule has 0 aliphatic carbocycles. The van der Waals surface area contributed by atoms with E-state index in [1.54, 1.807) is 36.4 Å². The predicted molar refractivity (Wildman–Crippen MR) is 151 cm³/mol. The molecule has 0 aliphatic heterocycles. The van der Waals surface area contributed by atoms with Crippen LogP contribution in [-0.4, -0.2) is 9.55 Å². The molecule has 0 saturated heterocycles. The number of rotatable bonds is 5. The van der Waals surface area contributed by atoms with Gasteiger partial charge in [0.1, 0.15) is 17.3 Å². The summed E-state index contributed by atoms with van der Waals surface area (Å²) in [7, 11) is 0. The second-order valence-corrected chi connectivity index (χ2v) is 9.53. The van der Waals surface area contributed by atoms with Gasteiger partial charge < -0.3 is 4.74 Å². The Morgan fingerprint density at radius 2 is 1.50 bits per heavy atom. The fraction of sp³-hybridized carbons (Fsp3) is 0.0938. The molecule has 2 aromatic heterocycles. The van der Waals surface area contributed by atoms with Crippen LogP contribution in [0.15, 0.2) is 120 Å². The summed E-state index contributed by atoms with van der Waals surface area (Å²) in [5.41, 5.74) is -0.348. The van der Waals surface area contributed by atoms with E-state index in [0.29, 0.717) is 17.3 Å². The van der Waals surface area contributed by atoms with Gasteiger partial charge in [0, 0.05) is 41.1 Å². The van der Waals surface area contributed by atoms with Crippen LogP contribution in [0.2, 0.25) is 0 Å². The molecule has 0 fully saturated rings. The first-order valence-corrected chi connectivity index (χ1v) is 12.3. The number of pyridine rings is 1. The van der Waals surface area contributed by atoms with E-state index in [4.69, 9.17) is 13.0 Å². The van der Waals surface area contributed by atoms with E-state index in [0.717, 1.165) is 26.3 Å². The van der Waals surface area contributed by atoms with Gasteiger partial charge in [-0.15, -0.1) is 0 Å². The lowest BCUT2D eigenvalue weighted by Gasteiger charge is -2.26. The van der Waals surface area contributed by atoms with Crippen molar-refractivity contribution in [3.8, 4) is 17.3 Å². The Bertz CT molecular complexity index is 1900. The molecule has 0 radical (unpaired) electrons. The molecule has 4 heteroatoms. The van der Waals surface area contributed by atoms with Crippen molar-refractivity contribution in [2.24, 2.45) is 0 Å². The fourth-order valence-electron chi connectivity index (χ4n) is 4.56. The summed E-state index contributed by atoms with van der Waals surface area (Å²) in [5, 5.41) is 1.91. The minimum absolute atomic E-state index is 0.131. The van der Waals surface area contributed by atoms with Crippen molar-refractivity contribution < 1.29 is 13.0 Å². The van der Waals surface area contributed by atoms with Gasteiger partial charge in [0.25, 0.3) is 0 Å². The van der Waals surface area contributed by atoms with Gasteiger partial charge in [-0.3, -0.25) is 4.57 Å². The molecule has 36 heavy (non-hydrogen) atoms. The Morgan fingerprint density at radius 3 is 2.33 bits per heavy atom. The maximum Gasteiger partial charge on any atom is 0.137 e. The van der Waals surface area contributed by atoms with Crippen LogP contribution in [0, 0.1) is 0 Å². The van der Waals surface area contributed by atoms with Crippen LogP contribution in [-0.2, 0) is 5.41 Å². The van der Waals surface area contributed by atoms with Gasteiger partial charge in [-0.1, -0.05) is 84.2 Å². The first-order chi connectivity index (χ1) is 20.0. The number of hydrogen-bond acceptors (Lipinski definition) is 2. The van der Waals surface area contributed by atoms with Gasteiger partial charge in [0.2, 0.25) is 0 Å². The summed E-state index contributed by atoms with van der Waals surface area (Å²) in [5.74, 6) is 1.66. The van der Waals surface area contributed by atoms with E-state index in [-0.39, 0.29) is 11.1 Å². The third kappa shape index (κ3) is 3.98. The zero-order valence-corrected chi connectivity index (χ0v) is 20.7. The summed E-state index contributed by atoms with van der Waals surface area (Å²) >= 11 is 3.48. The van der Waals surface area contributed by atoms with Gasteiger partial charge >= 0.3 is 0 Å². The standard InChI is InChI=1S/C32H25BrN2O/c1-32(2,22-9-4-3-5-10-22)23-17-18-34-31(19-23)35-29-14-7-6-13-27(29)28-16-15-26(21-30(28)35)36-25-12-8-11-24(33)20-25/h3-21H,1-2H3/i1D3,2D3. The molecule has 0 N–H and O–H groups in total. The average molecular weight is 540 g/mol. The first-order valence-electron chi connectivity index (χ1n) is 14.5. The van der Waals surface area contributed by atoms with Crippen LogP contribution in [0.4, 0.5) is 0 Å². The van der Waals surface area contributed by atoms with Gasteiger partial charge in [-0.2, -0.15) is 0 Å². The van der Waals surface area contributed by atoms with Crippen LogP contribution in [0.3, 0.4) is 0 Å². The quantitative estimate of drug-likeness (QED) is 0.219. The third-order valence-corrected chi connectivity index (χ3v) is 6.78. The molecule has 6 rings (SSSR count). The van der Waals surface area contributed by atoms with Gasteiger partial charge in [0.05, 0.1) is 11.0 Å². The van der Waals surface area contributed by atoms with Crippen LogP contribution >= 0.6 is 15.9 Å². The molecule has 2 heterocycles. The maximum atomic E-state index is 8.55. The van der Waals surface area contributed by atoms with Crippen molar-refractivity contribution in [2.75, 3.05) is 0 Å². The molecule has 0 bridgehead atoms. The molecule has 6 aromatic rings. The number of benzene rings is 4. The van der Waals surface area contributed by atoms with E-state index in [1.165, 1.54) is 12.3 Å².